The first-order valence-electron chi connectivity index (χ1n) is 9.02. The van der Waals surface area contributed by atoms with Crippen LogP contribution in [0.25, 0.3) is 0 Å². The van der Waals surface area contributed by atoms with Gasteiger partial charge in [0.05, 0.1) is 8.07 Å². The first-order valence-corrected chi connectivity index (χ1v) is 26.5. The van der Waals surface area contributed by atoms with Crippen LogP contribution in [0.5, 0.6) is 0 Å². The molecule has 0 aromatic rings. The maximum atomic E-state index is 6.07. The van der Waals surface area contributed by atoms with E-state index in [1.807, 2.05) is 0 Å². The molecule has 3 nitrogen and oxygen atoms in total. The van der Waals surface area contributed by atoms with Gasteiger partial charge >= 0.3 is 8.56 Å². The summed E-state index contributed by atoms with van der Waals surface area (Å²) in [5.74, 6) is 0. The molecule has 0 spiro atoms. The third-order valence-electron chi connectivity index (χ3n) is 2.79. The van der Waals surface area contributed by atoms with E-state index in [9.17, 15) is 0 Å². The molecular weight excluding hydrogens is 433 g/mol. The molecule has 0 bridgehead atoms. The largest absolute Gasteiger partial charge is 0.442 e. The Morgan fingerprint density at radius 3 is 1.37 bits per heavy atom. The van der Waals surface area contributed by atoms with Gasteiger partial charge in [-0.1, -0.05) is 62.4 Å². The Labute approximate surface area is 185 Å². The summed E-state index contributed by atoms with van der Waals surface area (Å²) >= 11 is 0. The molecule has 27 heavy (non-hydrogen) atoms. The molecule has 0 N–H and O–H groups in total. The fourth-order valence-electron chi connectivity index (χ4n) is 2.20. The van der Waals surface area contributed by atoms with Gasteiger partial charge in [0.1, 0.15) is 9.76 Å². The third kappa shape index (κ3) is 35.0. The average molecular weight is 493 g/mol. The van der Waals surface area contributed by atoms with Crippen molar-refractivity contribution < 1.29 is 12.7 Å². The second-order valence-electron chi connectivity index (χ2n) is 9.41. The van der Waals surface area contributed by atoms with Crippen LogP contribution < -0.4 is 0 Å². The zero-order valence-corrected chi connectivity index (χ0v) is 24.9. The minimum Gasteiger partial charge on any atom is -0.442 e. The quantitative estimate of drug-likeness (QED) is 0.344. The summed E-state index contributed by atoms with van der Waals surface area (Å²) in [6.07, 6.45) is 1.07. The number of hydrogen-bond acceptors (Lipinski definition) is 3. The van der Waals surface area contributed by atoms with E-state index in [-0.39, 0.29) is 49.0 Å². The molecule has 0 aromatic carbocycles. The average Bonchev–Trinajstić information content (AvgIpc) is 2.23. The van der Waals surface area contributed by atoms with Crippen LogP contribution in [-0.4, -0.2) is 58.8 Å². The number of rotatable bonds is 9. The summed E-state index contributed by atoms with van der Waals surface area (Å²) in [6.45, 7) is 27.3. The zero-order valence-electron chi connectivity index (χ0n) is 18.1. The molecular formula is C18H60O3Si6. The maximum Gasteiger partial charge on any atom is 0.310 e. The van der Waals surface area contributed by atoms with Gasteiger partial charge in [0, 0.05) is 15.7 Å². The van der Waals surface area contributed by atoms with E-state index in [1.54, 1.807) is 0 Å². The van der Waals surface area contributed by atoms with E-state index in [0.29, 0.717) is 0 Å². The second-order valence-corrected chi connectivity index (χ2v) is 31.2. The Morgan fingerprint density at radius 2 is 1.11 bits per heavy atom. The Hall–Kier alpha value is 1.18. The van der Waals surface area contributed by atoms with Crippen LogP contribution in [0, 0.1) is 0 Å². The molecule has 0 aliphatic carbocycles. The summed E-state index contributed by atoms with van der Waals surface area (Å²) < 4.78 is 17.7. The van der Waals surface area contributed by atoms with E-state index in [2.05, 4.69) is 78.6 Å². The Morgan fingerprint density at radius 1 is 0.704 bits per heavy atom. The van der Waals surface area contributed by atoms with Gasteiger partial charge in [-0.2, -0.15) is 0 Å². The van der Waals surface area contributed by atoms with Gasteiger partial charge in [-0.05, 0) is 51.5 Å². The van der Waals surface area contributed by atoms with Gasteiger partial charge in [0.15, 0.2) is 16.6 Å². The van der Waals surface area contributed by atoms with Crippen molar-refractivity contribution in [3.8, 4) is 0 Å². The minimum atomic E-state index is -1.72. The molecule has 9 heteroatoms. The highest BCUT2D eigenvalue weighted by atomic mass is 28.5. The summed E-state index contributed by atoms with van der Waals surface area (Å²) in [4.78, 5) is 0. The smallest absolute Gasteiger partial charge is 0.310 e. The van der Waals surface area contributed by atoms with Crippen molar-refractivity contribution in [1.82, 2.24) is 0 Å². The van der Waals surface area contributed by atoms with Crippen molar-refractivity contribution in [3.63, 3.8) is 0 Å². The summed E-state index contributed by atoms with van der Waals surface area (Å²) in [5, 5.41) is 0. The molecule has 0 fully saturated rings. The van der Waals surface area contributed by atoms with Crippen molar-refractivity contribution in [2.24, 2.45) is 0 Å². The Bertz CT molecular complexity index is 313. The van der Waals surface area contributed by atoms with Crippen LogP contribution in [0.4, 0.5) is 0 Å². The summed E-state index contributed by atoms with van der Waals surface area (Å²) in [7, 11) is -5.37. The van der Waals surface area contributed by atoms with Crippen molar-refractivity contribution in [1.29, 1.82) is 0 Å². The SMILES string of the molecule is C.C.C.C.C[SiH2]C[Si](C)(C)OC[Si](C)(C)C.C[SiH2]O[Si](C)(C)O[Si](C)(C)C. The maximum absolute atomic E-state index is 6.07. The van der Waals surface area contributed by atoms with E-state index >= 15 is 0 Å². The van der Waals surface area contributed by atoms with Crippen LogP contribution in [0.1, 0.15) is 29.7 Å². The predicted octanol–water partition coefficient (Wildman–Crippen LogP) is 6.49. The fourth-order valence-corrected chi connectivity index (χ4v) is 20.3. The van der Waals surface area contributed by atoms with E-state index < -0.39 is 33.3 Å². The molecule has 0 atom stereocenters. The van der Waals surface area contributed by atoms with Crippen LogP contribution in [-0.2, 0) is 12.7 Å². The van der Waals surface area contributed by atoms with Gasteiger partial charge in [-0.25, -0.2) is 0 Å². The molecule has 0 saturated carbocycles. The van der Waals surface area contributed by atoms with Gasteiger partial charge in [0.2, 0.25) is 0 Å². The predicted molar refractivity (Wildman–Crippen MR) is 150 cm³/mol. The van der Waals surface area contributed by atoms with Crippen LogP contribution in [0.3, 0.4) is 0 Å². The first-order chi connectivity index (χ1) is 10.0. The molecule has 0 radical (unpaired) electrons. The second kappa shape index (κ2) is 18.0. The third-order valence-corrected chi connectivity index (χ3v) is 20.2. The van der Waals surface area contributed by atoms with Gasteiger partial charge in [0.25, 0.3) is 0 Å². The van der Waals surface area contributed by atoms with Crippen LogP contribution in [0.15, 0.2) is 0 Å². The lowest BCUT2D eigenvalue weighted by atomic mass is 11.7. The van der Waals surface area contributed by atoms with E-state index in [4.69, 9.17) is 12.7 Å². The van der Waals surface area contributed by atoms with E-state index in [1.165, 1.54) is 5.67 Å². The Kier molecular flexibility index (Phi) is 28.2. The van der Waals surface area contributed by atoms with Crippen LogP contribution >= 0.6 is 0 Å². The molecule has 0 saturated heterocycles. The molecule has 0 rings (SSSR count). The fraction of sp³-hybridized carbons (Fsp3) is 1.00. The molecule has 0 aliphatic rings. The van der Waals surface area contributed by atoms with Gasteiger partial charge < -0.3 is 12.7 Å². The Balaban J connectivity index is -0.0000000713. The minimum absolute atomic E-state index is 0. The van der Waals surface area contributed by atoms with E-state index in [0.717, 1.165) is 6.23 Å². The van der Waals surface area contributed by atoms with Crippen molar-refractivity contribution in [3.05, 3.63) is 0 Å². The molecule has 0 amide bonds. The molecule has 174 valence electrons. The zero-order chi connectivity index (χ0) is 18.9. The highest BCUT2D eigenvalue weighted by molar-refractivity contribution is 6.83. The lowest BCUT2D eigenvalue weighted by Gasteiger charge is -2.30. The highest BCUT2D eigenvalue weighted by Crippen LogP contribution is 2.14. The summed E-state index contributed by atoms with van der Waals surface area (Å²) in [5.41, 5.74) is 1.44. The molecule has 0 aliphatic heterocycles. The molecule has 0 unspecified atom stereocenters. The van der Waals surface area contributed by atoms with Crippen molar-refractivity contribution in [2.75, 3.05) is 6.23 Å². The molecule has 0 aromatic heterocycles. The summed E-state index contributed by atoms with van der Waals surface area (Å²) in [6, 6.07) is 0. The highest BCUT2D eigenvalue weighted by Gasteiger charge is 2.30. The van der Waals surface area contributed by atoms with Crippen LogP contribution in [0.2, 0.25) is 84.2 Å². The standard InChI is InChI=1S/C8H24OSi3.C6H20O2Si3.4CH4/c1-10-8-12(5,6)9-7-11(2,3)4;1-9-7-11(5,6)8-10(2,3)4;;;;/h7-8,10H2,1-6H3;9H2,1-6H3;4*1H4. The lowest BCUT2D eigenvalue weighted by molar-refractivity contribution is 0.371. The van der Waals surface area contributed by atoms with Crippen molar-refractivity contribution >= 4 is 52.6 Å². The monoisotopic (exact) mass is 492 g/mol. The van der Waals surface area contributed by atoms with Gasteiger partial charge in [-0.3, -0.25) is 0 Å². The van der Waals surface area contributed by atoms with Crippen molar-refractivity contribution in [2.45, 2.75) is 114 Å². The lowest BCUT2D eigenvalue weighted by Crippen LogP contribution is -2.45. The number of hydrogen-bond donors (Lipinski definition) is 0. The molecule has 0 heterocycles. The first kappa shape index (κ1) is 42.3. The van der Waals surface area contributed by atoms with Gasteiger partial charge in [-0.15, -0.1) is 0 Å². The normalized spacial score (nSPS) is 12.4. The topological polar surface area (TPSA) is 27.7 Å².